The molecule has 0 radical (unpaired) electrons. The molecule has 0 bridgehead atoms. The Kier molecular flexibility index (Phi) is 2.59. The van der Waals surface area contributed by atoms with Gasteiger partial charge in [0.15, 0.2) is 0 Å². The molecule has 0 unspecified atom stereocenters. The fraction of sp³-hybridized carbons (Fsp3) is 0.214. The van der Waals surface area contributed by atoms with Crippen LogP contribution in [0.15, 0.2) is 28.8 Å². The number of benzene rings is 1. The Hall–Kier alpha value is -3.03. The summed E-state index contributed by atoms with van der Waals surface area (Å²) >= 11 is 0. The first-order chi connectivity index (χ1) is 10.6. The highest BCUT2D eigenvalue weighted by atomic mass is 16.7. The van der Waals surface area contributed by atoms with Gasteiger partial charge in [-0.3, -0.25) is 9.59 Å². The molecule has 1 aromatic heterocycles. The zero-order chi connectivity index (χ0) is 15.3. The molecule has 8 nitrogen and oxygen atoms in total. The Morgan fingerprint density at radius 1 is 1.18 bits per heavy atom. The normalized spacial score (nSPS) is 16.8. The first-order valence-electron chi connectivity index (χ1n) is 6.69. The Morgan fingerprint density at radius 3 is 2.41 bits per heavy atom. The van der Waals surface area contributed by atoms with E-state index < -0.39 is 17.8 Å². The standard InChI is InChI=1S/C14H9N3O5/c18-12-8-3-1-2-4-9(8)13(19)17(12)22-14(20)10-15-11(21-16-10)7-5-6-7/h1-4,7H,5-6H2. The molecule has 0 N–H and O–H groups in total. The fourth-order valence-corrected chi connectivity index (χ4v) is 2.19. The van der Waals surface area contributed by atoms with Gasteiger partial charge in [-0.05, 0) is 30.1 Å². The summed E-state index contributed by atoms with van der Waals surface area (Å²) in [5.41, 5.74) is 0.374. The van der Waals surface area contributed by atoms with E-state index in [2.05, 4.69) is 10.1 Å². The molecular formula is C14H9N3O5. The lowest BCUT2D eigenvalue weighted by Crippen LogP contribution is -2.33. The maximum Gasteiger partial charge on any atom is 0.404 e. The van der Waals surface area contributed by atoms with E-state index in [9.17, 15) is 14.4 Å². The molecule has 1 saturated carbocycles. The molecule has 4 rings (SSSR count). The van der Waals surface area contributed by atoms with Gasteiger partial charge in [-0.25, -0.2) is 4.79 Å². The lowest BCUT2D eigenvalue weighted by molar-refractivity contribution is -0.0594. The van der Waals surface area contributed by atoms with E-state index in [-0.39, 0.29) is 22.9 Å². The first-order valence-corrected chi connectivity index (χ1v) is 6.69. The maximum absolute atomic E-state index is 12.1. The average Bonchev–Trinajstić information content (AvgIpc) is 3.22. The number of imide groups is 1. The van der Waals surface area contributed by atoms with Gasteiger partial charge in [0.25, 0.3) is 17.6 Å². The summed E-state index contributed by atoms with van der Waals surface area (Å²) in [4.78, 5) is 44.8. The molecule has 2 aliphatic rings. The molecule has 1 aliphatic heterocycles. The van der Waals surface area contributed by atoms with Crippen molar-refractivity contribution in [3.63, 3.8) is 0 Å². The molecular weight excluding hydrogens is 290 g/mol. The summed E-state index contributed by atoms with van der Waals surface area (Å²) in [6.45, 7) is 0. The number of carbonyl (C=O) groups excluding carboxylic acids is 3. The minimum absolute atomic E-state index is 0.187. The van der Waals surface area contributed by atoms with Gasteiger partial charge in [0.2, 0.25) is 5.89 Å². The highest BCUT2D eigenvalue weighted by molar-refractivity contribution is 6.21. The van der Waals surface area contributed by atoms with Crippen molar-refractivity contribution < 1.29 is 23.7 Å². The lowest BCUT2D eigenvalue weighted by atomic mass is 10.1. The number of fused-ring (bicyclic) bond motifs is 1. The molecule has 0 atom stereocenters. The van der Waals surface area contributed by atoms with E-state index in [1.54, 1.807) is 12.1 Å². The van der Waals surface area contributed by atoms with E-state index in [4.69, 9.17) is 9.36 Å². The van der Waals surface area contributed by atoms with E-state index in [0.717, 1.165) is 12.8 Å². The Labute approximate surface area is 123 Å². The Bertz CT molecular complexity index is 773. The summed E-state index contributed by atoms with van der Waals surface area (Å²) in [6.07, 6.45) is 1.88. The molecule has 1 fully saturated rings. The third-order valence-corrected chi connectivity index (χ3v) is 3.48. The molecule has 0 spiro atoms. The van der Waals surface area contributed by atoms with Crippen LogP contribution in [-0.2, 0) is 4.84 Å². The summed E-state index contributed by atoms with van der Waals surface area (Å²) in [7, 11) is 0. The van der Waals surface area contributed by atoms with Crippen molar-refractivity contribution in [2.45, 2.75) is 18.8 Å². The number of aromatic nitrogens is 2. The van der Waals surface area contributed by atoms with Crippen LogP contribution in [0, 0.1) is 0 Å². The third kappa shape index (κ3) is 1.88. The predicted octanol–water partition coefficient (Wildman–Crippen LogP) is 1.31. The van der Waals surface area contributed by atoms with Gasteiger partial charge in [0, 0.05) is 5.92 Å². The number of nitrogens with zero attached hydrogens (tertiary/aromatic N) is 3. The molecule has 1 aliphatic carbocycles. The largest absolute Gasteiger partial charge is 0.404 e. The number of amides is 2. The van der Waals surface area contributed by atoms with Crippen molar-refractivity contribution in [2.75, 3.05) is 0 Å². The molecule has 110 valence electrons. The molecule has 2 aromatic rings. The summed E-state index contributed by atoms with van der Waals surface area (Å²) in [5.74, 6) is -2.15. The molecule has 2 amide bonds. The van der Waals surface area contributed by atoms with E-state index >= 15 is 0 Å². The number of hydrogen-bond donors (Lipinski definition) is 0. The number of hydrogen-bond acceptors (Lipinski definition) is 7. The molecule has 0 saturated heterocycles. The minimum atomic E-state index is -1.01. The molecule has 8 heteroatoms. The van der Waals surface area contributed by atoms with Gasteiger partial charge in [0.1, 0.15) is 0 Å². The summed E-state index contributed by atoms with van der Waals surface area (Å²) in [5, 5.41) is 3.93. The van der Waals surface area contributed by atoms with Crippen molar-refractivity contribution in [3.8, 4) is 0 Å². The first kappa shape index (κ1) is 12.7. The van der Waals surface area contributed by atoms with Crippen LogP contribution in [0.1, 0.15) is 56.0 Å². The van der Waals surface area contributed by atoms with Crippen molar-refractivity contribution in [1.82, 2.24) is 15.2 Å². The Balaban J connectivity index is 1.55. The van der Waals surface area contributed by atoms with Gasteiger partial charge < -0.3 is 9.36 Å². The lowest BCUT2D eigenvalue weighted by Gasteiger charge is -2.10. The molecule has 1 aromatic carbocycles. The second-order valence-corrected chi connectivity index (χ2v) is 5.06. The van der Waals surface area contributed by atoms with Gasteiger partial charge in [-0.1, -0.05) is 17.2 Å². The minimum Gasteiger partial charge on any atom is -0.338 e. The number of carbonyl (C=O) groups is 3. The highest BCUT2D eigenvalue weighted by Crippen LogP contribution is 2.38. The summed E-state index contributed by atoms with van der Waals surface area (Å²) < 4.78 is 4.94. The third-order valence-electron chi connectivity index (χ3n) is 3.48. The quantitative estimate of drug-likeness (QED) is 0.787. The second kappa shape index (κ2) is 4.48. The van der Waals surface area contributed by atoms with Crippen LogP contribution in [0.25, 0.3) is 0 Å². The van der Waals surface area contributed by atoms with Gasteiger partial charge in [-0.15, -0.1) is 0 Å². The van der Waals surface area contributed by atoms with E-state index in [0.29, 0.717) is 11.0 Å². The van der Waals surface area contributed by atoms with Gasteiger partial charge in [0.05, 0.1) is 11.1 Å². The number of hydroxylamine groups is 2. The van der Waals surface area contributed by atoms with E-state index in [1.165, 1.54) is 12.1 Å². The van der Waals surface area contributed by atoms with Gasteiger partial charge in [-0.2, -0.15) is 4.98 Å². The van der Waals surface area contributed by atoms with Gasteiger partial charge >= 0.3 is 5.97 Å². The van der Waals surface area contributed by atoms with Crippen molar-refractivity contribution in [2.24, 2.45) is 0 Å². The zero-order valence-electron chi connectivity index (χ0n) is 11.2. The number of rotatable bonds is 3. The Morgan fingerprint density at radius 2 is 1.82 bits per heavy atom. The second-order valence-electron chi connectivity index (χ2n) is 5.06. The molecule has 2 heterocycles. The van der Waals surface area contributed by atoms with Crippen molar-refractivity contribution in [1.29, 1.82) is 0 Å². The fourth-order valence-electron chi connectivity index (χ4n) is 2.19. The van der Waals surface area contributed by atoms with Crippen LogP contribution < -0.4 is 0 Å². The SMILES string of the molecule is O=C(ON1C(=O)c2ccccc2C1=O)c1noc(C2CC2)n1. The predicted molar refractivity (Wildman–Crippen MR) is 68.6 cm³/mol. The average molecular weight is 299 g/mol. The maximum atomic E-state index is 12.1. The highest BCUT2D eigenvalue weighted by Gasteiger charge is 2.40. The van der Waals surface area contributed by atoms with Crippen LogP contribution in [0.2, 0.25) is 0 Å². The molecule has 22 heavy (non-hydrogen) atoms. The van der Waals surface area contributed by atoms with Crippen LogP contribution in [0.4, 0.5) is 0 Å². The van der Waals surface area contributed by atoms with E-state index in [1.807, 2.05) is 0 Å². The smallest absolute Gasteiger partial charge is 0.338 e. The summed E-state index contributed by atoms with van der Waals surface area (Å²) in [6, 6.07) is 6.22. The zero-order valence-corrected chi connectivity index (χ0v) is 11.2. The monoisotopic (exact) mass is 299 g/mol. The van der Waals surface area contributed by atoms with Crippen molar-refractivity contribution in [3.05, 3.63) is 47.1 Å². The van der Waals surface area contributed by atoms with Crippen molar-refractivity contribution >= 4 is 17.8 Å². The topological polar surface area (TPSA) is 103 Å². The van der Waals surface area contributed by atoms with Crippen LogP contribution in [-0.4, -0.2) is 33.0 Å². The van der Waals surface area contributed by atoms with Crippen LogP contribution >= 0.6 is 0 Å². The van der Waals surface area contributed by atoms with Crippen LogP contribution in [0.5, 0.6) is 0 Å². The van der Waals surface area contributed by atoms with Crippen LogP contribution in [0.3, 0.4) is 0 Å².